The van der Waals surface area contributed by atoms with Crippen molar-refractivity contribution in [3.05, 3.63) is 11.9 Å². The fourth-order valence-corrected chi connectivity index (χ4v) is 5.34. The molecule has 1 aromatic heterocycles. The van der Waals surface area contributed by atoms with Crippen LogP contribution in [0.25, 0.3) is 0 Å². The molecule has 190 valence electrons. The predicted octanol–water partition coefficient (Wildman–Crippen LogP) is 3.04. The number of carbonyl (C=O) groups is 2. The lowest BCUT2D eigenvalue weighted by Crippen LogP contribution is -2.50. The fourth-order valence-electron chi connectivity index (χ4n) is 5.34. The monoisotopic (exact) mass is 481 g/mol. The minimum atomic E-state index is -2.69. The van der Waals surface area contributed by atoms with E-state index in [1.807, 2.05) is 27.0 Å². The standard InChI is InChI=1S/C24H37F2N5O3/c1-23(2,3)20(31-14-18(28-29-31)15-7-8-15)22(34)30-13-17(32)12-19(30)21(33)27-11-9-16-6-4-5-10-24(16,25)26/h14-17,19-20,32H,4-13H2,1-3H3,(H,27,33)/t16?,17?,19?,20-/m1/s1. The van der Waals surface area contributed by atoms with Gasteiger partial charge in [-0.1, -0.05) is 32.4 Å². The highest BCUT2D eigenvalue weighted by Gasteiger charge is 2.46. The van der Waals surface area contributed by atoms with Gasteiger partial charge in [-0.15, -0.1) is 5.10 Å². The summed E-state index contributed by atoms with van der Waals surface area (Å²) < 4.78 is 29.8. The Morgan fingerprint density at radius 1 is 1.26 bits per heavy atom. The minimum absolute atomic E-state index is 0.0500. The van der Waals surface area contributed by atoms with E-state index in [4.69, 9.17) is 0 Å². The van der Waals surface area contributed by atoms with Crippen LogP contribution in [0.15, 0.2) is 6.20 Å². The van der Waals surface area contributed by atoms with Crippen molar-refractivity contribution >= 4 is 11.8 Å². The number of β-amino-alcohol motifs (C(OH)–C–C–N with tert-alkyl or cyclic N) is 1. The van der Waals surface area contributed by atoms with Gasteiger partial charge in [0.05, 0.1) is 11.8 Å². The average Bonchev–Trinajstić information content (AvgIpc) is 3.35. The number of aliphatic hydroxyl groups is 1. The van der Waals surface area contributed by atoms with E-state index in [1.54, 1.807) is 4.68 Å². The summed E-state index contributed by atoms with van der Waals surface area (Å²) in [7, 11) is 0. The van der Waals surface area contributed by atoms with E-state index in [1.165, 1.54) is 4.90 Å². The Morgan fingerprint density at radius 2 is 2.00 bits per heavy atom. The topological polar surface area (TPSA) is 100 Å². The first kappa shape index (κ1) is 25.0. The number of rotatable bonds is 7. The highest BCUT2D eigenvalue weighted by atomic mass is 19.3. The van der Waals surface area contributed by atoms with Gasteiger partial charge >= 0.3 is 0 Å². The number of aliphatic hydroxyl groups excluding tert-OH is 1. The van der Waals surface area contributed by atoms with Gasteiger partial charge in [0.15, 0.2) is 0 Å². The Labute approximate surface area is 199 Å². The first-order chi connectivity index (χ1) is 16.0. The van der Waals surface area contributed by atoms with Gasteiger partial charge in [0.1, 0.15) is 12.1 Å². The second-order valence-electron chi connectivity index (χ2n) is 11.3. The Morgan fingerprint density at radius 3 is 2.65 bits per heavy atom. The van der Waals surface area contributed by atoms with Gasteiger partial charge in [-0.25, -0.2) is 13.5 Å². The normalized spacial score (nSPS) is 28.1. The molecule has 3 fully saturated rings. The zero-order valence-electron chi connectivity index (χ0n) is 20.3. The summed E-state index contributed by atoms with van der Waals surface area (Å²) in [6.07, 6.45) is 5.15. The molecule has 2 amide bonds. The van der Waals surface area contributed by atoms with Crippen molar-refractivity contribution in [2.45, 2.75) is 102 Å². The molecule has 10 heteroatoms. The van der Waals surface area contributed by atoms with Crippen LogP contribution >= 0.6 is 0 Å². The number of hydrogen-bond acceptors (Lipinski definition) is 5. The molecule has 0 aromatic carbocycles. The first-order valence-corrected chi connectivity index (χ1v) is 12.5. The van der Waals surface area contributed by atoms with Crippen LogP contribution in [0.5, 0.6) is 0 Å². The molecule has 1 aromatic rings. The van der Waals surface area contributed by atoms with Crippen LogP contribution in [0.3, 0.4) is 0 Å². The van der Waals surface area contributed by atoms with Gasteiger partial charge in [0.25, 0.3) is 5.92 Å². The van der Waals surface area contributed by atoms with Crippen LogP contribution in [0.4, 0.5) is 8.78 Å². The molecule has 1 aliphatic heterocycles. The zero-order chi connectivity index (χ0) is 24.7. The summed E-state index contributed by atoms with van der Waals surface area (Å²) in [6.45, 7) is 5.97. The van der Waals surface area contributed by atoms with Crippen molar-refractivity contribution in [1.29, 1.82) is 0 Å². The van der Waals surface area contributed by atoms with Gasteiger partial charge in [-0.3, -0.25) is 9.59 Å². The second kappa shape index (κ2) is 9.51. The third kappa shape index (κ3) is 5.42. The third-order valence-electron chi connectivity index (χ3n) is 7.41. The van der Waals surface area contributed by atoms with E-state index in [-0.39, 0.29) is 38.3 Å². The molecule has 34 heavy (non-hydrogen) atoms. The zero-order valence-corrected chi connectivity index (χ0v) is 20.3. The molecule has 2 saturated carbocycles. The summed E-state index contributed by atoms with van der Waals surface area (Å²) in [4.78, 5) is 28.1. The molecule has 4 atom stereocenters. The van der Waals surface area contributed by atoms with Crippen LogP contribution in [0.2, 0.25) is 0 Å². The second-order valence-corrected chi connectivity index (χ2v) is 11.3. The van der Waals surface area contributed by atoms with Gasteiger partial charge in [0, 0.05) is 44.0 Å². The molecule has 0 radical (unpaired) electrons. The molecule has 1 saturated heterocycles. The molecular weight excluding hydrogens is 444 g/mol. The van der Waals surface area contributed by atoms with Crippen molar-refractivity contribution < 1.29 is 23.5 Å². The number of nitrogens with one attached hydrogen (secondary N) is 1. The summed E-state index contributed by atoms with van der Waals surface area (Å²) in [6, 6.07) is -1.53. The molecule has 0 bridgehead atoms. The number of halogens is 2. The lowest BCUT2D eigenvalue weighted by molar-refractivity contribution is -0.144. The number of hydrogen-bond donors (Lipinski definition) is 2. The fraction of sp³-hybridized carbons (Fsp3) is 0.833. The van der Waals surface area contributed by atoms with Crippen LogP contribution in [0, 0.1) is 11.3 Å². The first-order valence-electron chi connectivity index (χ1n) is 12.5. The highest BCUT2D eigenvalue weighted by Crippen LogP contribution is 2.41. The van der Waals surface area contributed by atoms with Crippen LogP contribution in [-0.4, -0.2) is 68.0 Å². The van der Waals surface area contributed by atoms with Crippen LogP contribution < -0.4 is 5.32 Å². The van der Waals surface area contributed by atoms with E-state index >= 15 is 0 Å². The van der Waals surface area contributed by atoms with Crippen molar-refractivity contribution in [3.63, 3.8) is 0 Å². The summed E-state index contributed by atoms with van der Waals surface area (Å²) >= 11 is 0. The van der Waals surface area contributed by atoms with Gasteiger partial charge in [0.2, 0.25) is 11.8 Å². The number of carbonyl (C=O) groups excluding carboxylic acids is 2. The molecule has 3 unspecified atom stereocenters. The van der Waals surface area contributed by atoms with Gasteiger partial charge in [-0.2, -0.15) is 0 Å². The lowest BCUT2D eigenvalue weighted by atomic mass is 9.83. The number of aromatic nitrogens is 3. The Bertz CT molecular complexity index is 895. The third-order valence-corrected chi connectivity index (χ3v) is 7.41. The van der Waals surface area contributed by atoms with E-state index in [0.29, 0.717) is 18.8 Å². The quantitative estimate of drug-likeness (QED) is 0.624. The van der Waals surface area contributed by atoms with Crippen molar-refractivity contribution in [2.75, 3.05) is 13.1 Å². The predicted molar refractivity (Wildman–Crippen MR) is 121 cm³/mol. The van der Waals surface area contributed by atoms with Gasteiger partial charge in [-0.05, 0) is 37.5 Å². The highest BCUT2D eigenvalue weighted by molar-refractivity contribution is 5.90. The van der Waals surface area contributed by atoms with Crippen molar-refractivity contribution in [2.24, 2.45) is 11.3 Å². The van der Waals surface area contributed by atoms with Crippen molar-refractivity contribution in [1.82, 2.24) is 25.2 Å². The van der Waals surface area contributed by atoms with E-state index in [0.717, 1.165) is 25.0 Å². The SMILES string of the molecule is CC(C)(C)[C@@H](C(=O)N1CC(O)CC1C(=O)NCCC1CCCCC1(F)F)n1cc(C2CC2)nn1. The molecule has 3 aliphatic rings. The Balaban J connectivity index is 1.43. The Kier molecular flexibility index (Phi) is 6.99. The molecule has 0 spiro atoms. The molecule has 8 nitrogen and oxygen atoms in total. The van der Waals surface area contributed by atoms with Crippen LogP contribution in [0.1, 0.15) is 89.8 Å². The lowest BCUT2D eigenvalue weighted by Gasteiger charge is -2.34. The number of nitrogens with zero attached hydrogens (tertiary/aromatic N) is 4. The largest absolute Gasteiger partial charge is 0.391 e. The maximum atomic E-state index is 14.1. The molecule has 2 N–H and O–H groups in total. The maximum absolute atomic E-state index is 14.1. The van der Waals surface area contributed by atoms with E-state index in [9.17, 15) is 23.5 Å². The smallest absolute Gasteiger partial charge is 0.251 e. The van der Waals surface area contributed by atoms with E-state index in [2.05, 4.69) is 15.6 Å². The maximum Gasteiger partial charge on any atom is 0.251 e. The molecule has 2 heterocycles. The minimum Gasteiger partial charge on any atom is -0.391 e. The molecular formula is C24H37F2N5O3. The number of likely N-dealkylation sites (tertiary alicyclic amines) is 1. The van der Waals surface area contributed by atoms with Gasteiger partial charge < -0.3 is 15.3 Å². The summed E-state index contributed by atoms with van der Waals surface area (Å²) in [5, 5.41) is 21.5. The molecule has 2 aliphatic carbocycles. The van der Waals surface area contributed by atoms with E-state index < -0.39 is 41.4 Å². The molecule has 4 rings (SSSR count). The number of amides is 2. The number of alkyl halides is 2. The summed E-state index contributed by atoms with van der Waals surface area (Å²) in [5.74, 6) is -3.73. The average molecular weight is 482 g/mol. The van der Waals surface area contributed by atoms with Crippen molar-refractivity contribution in [3.8, 4) is 0 Å². The van der Waals surface area contributed by atoms with Crippen LogP contribution in [-0.2, 0) is 9.59 Å². The summed E-state index contributed by atoms with van der Waals surface area (Å²) in [5.41, 5.74) is 0.365. The Hall–Kier alpha value is -2.10.